The van der Waals surface area contributed by atoms with Gasteiger partial charge in [0.2, 0.25) is 11.9 Å². The molecule has 0 amide bonds. The fraction of sp³-hybridized carbons (Fsp3) is 0.261. The maximum atomic E-state index is 9.78. The number of nitrogens with one attached hydrogen (secondary N) is 3. The first kappa shape index (κ1) is 20.1. The van der Waals surface area contributed by atoms with Gasteiger partial charge in [0.15, 0.2) is 11.5 Å². The third kappa shape index (κ3) is 4.42. The number of morpholine rings is 1. The van der Waals surface area contributed by atoms with E-state index in [-0.39, 0.29) is 5.75 Å². The number of H-pyrrole nitrogens is 1. The van der Waals surface area contributed by atoms with E-state index in [0.29, 0.717) is 36.4 Å². The Morgan fingerprint density at radius 2 is 2.00 bits per heavy atom. The van der Waals surface area contributed by atoms with Crippen LogP contribution < -0.4 is 15.5 Å². The highest BCUT2D eigenvalue weighted by atomic mass is 16.5. The van der Waals surface area contributed by atoms with E-state index in [2.05, 4.69) is 61.7 Å². The summed E-state index contributed by atoms with van der Waals surface area (Å²) in [5.74, 6) is 1.96. The van der Waals surface area contributed by atoms with Crippen LogP contribution in [0.15, 0.2) is 59.8 Å². The second kappa shape index (κ2) is 8.72. The summed E-state index contributed by atoms with van der Waals surface area (Å²) < 4.78 is 5.51. The van der Waals surface area contributed by atoms with Crippen LogP contribution in [0.2, 0.25) is 0 Å². The minimum atomic E-state index is 0.172. The zero-order chi connectivity index (χ0) is 21.9. The smallest absolute Gasteiger partial charge is 0.231 e. The normalized spacial score (nSPS) is 16.5. The molecule has 2 aliphatic rings. The maximum Gasteiger partial charge on any atom is 0.231 e. The second-order valence-corrected chi connectivity index (χ2v) is 7.74. The number of hydrogen-bond donors (Lipinski definition) is 4. The highest BCUT2D eigenvalue weighted by Gasteiger charge is 2.20. The lowest BCUT2D eigenvalue weighted by molar-refractivity contribution is 0.122. The number of aromatic hydroxyl groups is 1. The molecule has 1 aromatic carbocycles. The number of phenolic OH excluding ortho intramolecular Hbond substituents is 1. The van der Waals surface area contributed by atoms with Crippen LogP contribution in [0.3, 0.4) is 0 Å². The van der Waals surface area contributed by atoms with Gasteiger partial charge in [-0.25, -0.2) is 0 Å². The standard InChI is InChI=1S/C23H25N7O2/c1-15-5-2-3-6-16(13-15)24-22-26-19-20(27-22)28-23(25-17-7-4-8-18(31)14-17)29-21(19)30-9-11-32-12-10-30/h2,4-8,13-14,31H,3,9-12H2,1H3,(H3,24,25,26,27,28,29). The summed E-state index contributed by atoms with van der Waals surface area (Å²) in [6, 6.07) is 6.86. The number of imidazole rings is 1. The molecule has 0 bridgehead atoms. The van der Waals surface area contributed by atoms with Crippen LogP contribution in [0, 0.1) is 0 Å². The first-order valence-corrected chi connectivity index (χ1v) is 10.6. The Morgan fingerprint density at radius 3 is 2.84 bits per heavy atom. The second-order valence-electron chi connectivity index (χ2n) is 7.74. The van der Waals surface area contributed by atoms with Crippen LogP contribution in [0.1, 0.15) is 13.3 Å². The summed E-state index contributed by atoms with van der Waals surface area (Å²) >= 11 is 0. The van der Waals surface area contributed by atoms with E-state index in [1.54, 1.807) is 18.2 Å². The molecule has 0 unspecified atom stereocenters. The molecule has 9 heteroatoms. The van der Waals surface area contributed by atoms with E-state index in [9.17, 15) is 5.11 Å². The minimum absolute atomic E-state index is 0.172. The molecule has 164 valence electrons. The van der Waals surface area contributed by atoms with Crippen LogP contribution >= 0.6 is 0 Å². The number of fused-ring (bicyclic) bond motifs is 1. The lowest BCUT2D eigenvalue weighted by Crippen LogP contribution is -2.37. The predicted molar refractivity (Wildman–Crippen MR) is 125 cm³/mol. The first-order chi connectivity index (χ1) is 15.6. The van der Waals surface area contributed by atoms with Crippen molar-refractivity contribution in [1.82, 2.24) is 19.9 Å². The van der Waals surface area contributed by atoms with E-state index in [0.717, 1.165) is 36.5 Å². The van der Waals surface area contributed by atoms with Gasteiger partial charge in [-0.15, -0.1) is 0 Å². The Morgan fingerprint density at radius 1 is 1.12 bits per heavy atom. The number of aromatic amines is 1. The SMILES string of the molecule is CC1=CC(Nc2nc3nc(Nc4cccc(O)c4)nc(N4CCOCC4)c3[nH]2)=CCC=C1. The monoisotopic (exact) mass is 431 g/mol. The quantitative estimate of drug-likeness (QED) is 0.482. The Balaban J connectivity index is 1.51. The van der Waals surface area contributed by atoms with Gasteiger partial charge in [-0.1, -0.05) is 24.3 Å². The molecule has 2 aromatic heterocycles. The molecule has 4 N–H and O–H groups in total. The van der Waals surface area contributed by atoms with Gasteiger partial charge in [-0.3, -0.25) is 0 Å². The predicted octanol–water partition coefficient (Wildman–Crippen LogP) is 3.84. The van der Waals surface area contributed by atoms with Crippen molar-refractivity contribution in [3.8, 4) is 5.75 Å². The Kier molecular flexibility index (Phi) is 5.47. The Hall–Kier alpha value is -3.85. The molecule has 0 radical (unpaired) electrons. The van der Waals surface area contributed by atoms with Crippen LogP contribution in [-0.4, -0.2) is 51.3 Å². The van der Waals surface area contributed by atoms with Gasteiger partial charge < -0.3 is 30.4 Å². The minimum Gasteiger partial charge on any atom is -0.508 e. The molecule has 0 spiro atoms. The third-order valence-corrected chi connectivity index (χ3v) is 5.25. The summed E-state index contributed by atoms with van der Waals surface area (Å²) in [5, 5.41) is 16.3. The van der Waals surface area contributed by atoms with Gasteiger partial charge in [-0.05, 0) is 37.1 Å². The molecule has 1 fully saturated rings. The first-order valence-electron chi connectivity index (χ1n) is 10.6. The van der Waals surface area contributed by atoms with Gasteiger partial charge in [0.25, 0.3) is 0 Å². The highest BCUT2D eigenvalue weighted by molar-refractivity contribution is 5.87. The molecule has 1 aliphatic carbocycles. The molecule has 3 aromatic rings. The number of rotatable bonds is 5. The van der Waals surface area contributed by atoms with Crippen molar-refractivity contribution in [1.29, 1.82) is 0 Å². The molecule has 0 saturated carbocycles. The van der Waals surface area contributed by atoms with E-state index in [4.69, 9.17) is 9.72 Å². The van der Waals surface area contributed by atoms with Crippen molar-refractivity contribution in [3.05, 3.63) is 59.8 Å². The molecule has 32 heavy (non-hydrogen) atoms. The molecule has 1 saturated heterocycles. The number of phenols is 1. The average molecular weight is 432 g/mol. The maximum absolute atomic E-state index is 9.78. The Bertz CT molecular complexity index is 1220. The van der Waals surface area contributed by atoms with Crippen LogP contribution in [0.5, 0.6) is 5.75 Å². The van der Waals surface area contributed by atoms with E-state index < -0.39 is 0 Å². The van der Waals surface area contributed by atoms with Gasteiger partial charge >= 0.3 is 0 Å². The van der Waals surface area contributed by atoms with Crippen molar-refractivity contribution < 1.29 is 9.84 Å². The van der Waals surface area contributed by atoms with Crippen molar-refractivity contribution in [2.75, 3.05) is 41.8 Å². The summed E-state index contributed by atoms with van der Waals surface area (Å²) in [6.07, 6.45) is 9.28. The van der Waals surface area contributed by atoms with Gasteiger partial charge in [-0.2, -0.15) is 15.0 Å². The molecule has 5 rings (SSSR count). The van der Waals surface area contributed by atoms with E-state index in [1.165, 1.54) is 5.57 Å². The molecular weight excluding hydrogens is 406 g/mol. The van der Waals surface area contributed by atoms with Crippen molar-refractivity contribution in [2.24, 2.45) is 0 Å². The van der Waals surface area contributed by atoms with Gasteiger partial charge in [0, 0.05) is 30.5 Å². The van der Waals surface area contributed by atoms with E-state index >= 15 is 0 Å². The number of allylic oxidation sites excluding steroid dienone is 5. The zero-order valence-corrected chi connectivity index (χ0v) is 17.8. The van der Waals surface area contributed by atoms with Crippen molar-refractivity contribution in [3.63, 3.8) is 0 Å². The van der Waals surface area contributed by atoms with E-state index in [1.807, 2.05) is 6.07 Å². The summed E-state index contributed by atoms with van der Waals surface area (Å²) in [5.41, 5.74) is 4.17. The van der Waals surface area contributed by atoms with Crippen LogP contribution in [0.4, 0.5) is 23.4 Å². The molecular formula is C23H25N7O2. The summed E-state index contributed by atoms with van der Waals surface area (Å²) in [6.45, 7) is 4.82. The fourth-order valence-corrected chi connectivity index (χ4v) is 3.74. The average Bonchev–Trinajstić information content (AvgIpc) is 3.07. The van der Waals surface area contributed by atoms with Crippen molar-refractivity contribution in [2.45, 2.75) is 13.3 Å². The number of benzene rings is 1. The molecule has 1 aliphatic heterocycles. The van der Waals surface area contributed by atoms with Crippen LogP contribution in [0.25, 0.3) is 11.2 Å². The Labute approximate surface area is 185 Å². The zero-order valence-electron chi connectivity index (χ0n) is 17.8. The number of nitrogens with zero attached hydrogens (tertiary/aromatic N) is 4. The summed E-state index contributed by atoms with van der Waals surface area (Å²) in [7, 11) is 0. The lowest BCUT2D eigenvalue weighted by atomic mass is 10.2. The highest BCUT2D eigenvalue weighted by Crippen LogP contribution is 2.28. The fourth-order valence-electron chi connectivity index (χ4n) is 3.74. The molecule has 3 heterocycles. The van der Waals surface area contributed by atoms with Gasteiger partial charge in [0.05, 0.1) is 13.2 Å². The van der Waals surface area contributed by atoms with Gasteiger partial charge in [0.1, 0.15) is 11.3 Å². The third-order valence-electron chi connectivity index (χ3n) is 5.25. The number of hydrogen-bond acceptors (Lipinski definition) is 8. The largest absolute Gasteiger partial charge is 0.508 e. The van der Waals surface area contributed by atoms with Crippen LogP contribution in [-0.2, 0) is 4.74 Å². The van der Waals surface area contributed by atoms with Crippen molar-refractivity contribution >= 4 is 34.6 Å². The lowest BCUT2D eigenvalue weighted by Gasteiger charge is -2.28. The number of aromatic nitrogens is 4. The summed E-state index contributed by atoms with van der Waals surface area (Å²) in [4.78, 5) is 19.6. The topological polar surface area (TPSA) is 111 Å². The molecule has 9 nitrogen and oxygen atoms in total. The number of ether oxygens (including phenoxy) is 1. The number of anilines is 4. The molecule has 0 atom stereocenters.